The molecule has 0 aliphatic heterocycles. The monoisotopic (exact) mass is 525 g/mol. The van der Waals surface area contributed by atoms with Gasteiger partial charge in [0.25, 0.3) is 5.91 Å². The number of pyridine rings is 1. The van der Waals surface area contributed by atoms with E-state index in [1.807, 2.05) is 6.92 Å². The zero-order valence-corrected chi connectivity index (χ0v) is 20.5. The van der Waals surface area contributed by atoms with Crippen molar-refractivity contribution in [3.05, 3.63) is 84.3 Å². The molecule has 9 nitrogen and oxygen atoms in total. The number of amides is 1. The van der Waals surface area contributed by atoms with Crippen LogP contribution in [0.4, 0.5) is 26.1 Å². The Bertz CT molecular complexity index is 1550. The number of hydrogen-bond acceptors (Lipinski definition) is 8. The average Bonchev–Trinajstić information content (AvgIpc) is 2.85. The van der Waals surface area contributed by atoms with Crippen LogP contribution >= 0.6 is 0 Å². The van der Waals surface area contributed by atoms with Gasteiger partial charge in [-0.25, -0.2) is 18.4 Å². The second-order valence-electron chi connectivity index (χ2n) is 7.96. The molecule has 0 saturated carbocycles. The van der Waals surface area contributed by atoms with Gasteiger partial charge in [0.15, 0.2) is 9.84 Å². The summed E-state index contributed by atoms with van der Waals surface area (Å²) in [6, 6.07) is 13.9. The normalized spacial score (nSPS) is 11.3. The van der Waals surface area contributed by atoms with Crippen molar-refractivity contribution in [2.45, 2.75) is 18.4 Å². The molecule has 1 amide bonds. The lowest BCUT2D eigenvalue weighted by atomic mass is 10.1. The Morgan fingerprint density at radius 1 is 1.03 bits per heavy atom. The number of aromatic nitrogens is 3. The Labute approximate surface area is 211 Å². The van der Waals surface area contributed by atoms with Crippen molar-refractivity contribution in [2.24, 2.45) is 0 Å². The fraction of sp³-hybridized carbons (Fsp3) is 0.120. The number of halogens is 2. The van der Waals surface area contributed by atoms with Crippen LogP contribution in [-0.4, -0.2) is 42.1 Å². The van der Waals surface area contributed by atoms with Crippen LogP contribution in [-0.2, 0) is 9.84 Å². The summed E-state index contributed by atoms with van der Waals surface area (Å²) in [5, 5.41) is 5.87. The molecule has 0 spiro atoms. The second kappa shape index (κ2) is 10.7. The van der Waals surface area contributed by atoms with Crippen LogP contribution in [0.25, 0.3) is 11.3 Å². The number of nitrogens with zero attached hydrogens (tertiary/aromatic N) is 3. The topological polar surface area (TPSA) is 123 Å². The molecular formula is C25H21F2N5O4S. The van der Waals surface area contributed by atoms with Crippen LogP contribution in [0.2, 0.25) is 0 Å². The molecule has 12 heteroatoms. The maximum atomic E-state index is 12.7. The van der Waals surface area contributed by atoms with Gasteiger partial charge in [-0.05, 0) is 61.0 Å². The van der Waals surface area contributed by atoms with E-state index >= 15 is 0 Å². The molecule has 4 rings (SSSR count). The highest BCUT2D eigenvalue weighted by Gasteiger charge is 2.12. The first-order chi connectivity index (χ1) is 17.6. The lowest BCUT2D eigenvalue weighted by Crippen LogP contribution is -2.12. The average molecular weight is 526 g/mol. The fourth-order valence-corrected chi connectivity index (χ4v) is 3.95. The number of sulfone groups is 1. The second-order valence-corrected chi connectivity index (χ2v) is 9.97. The van der Waals surface area contributed by atoms with Crippen molar-refractivity contribution < 1.29 is 26.7 Å². The van der Waals surface area contributed by atoms with Gasteiger partial charge in [0.05, 0.1) is 16.8 Å². The summed E-state index contributed by atoms with van der Waals surface area (Å²) in [4.78, 5) is 25.3. The first kappa shape index (κ1) is 25.6. The van der Waals surface area contributed by atoms with E-state index in [-0.39, 0.29) is 16.6 Å². The number of hydrogen-bond donors (Lipinski definition) is 2. The van der Waals surface area contributed by atoms with Gasteiger partial charge in [0, 0.05) is 41.2 Å². The number of ether oxygens (including phenoxy) is 1. The lowest BCUT2D eigenvalue weighted by molar-refractivity contribution is -0.0500. The molecule has 0 aliphatic carbocycles. The number of benzene rings is 2. The largest absolute Gasteiger partial charge is 0.433 e. The van der Waals surface area contributed by atoms with Crippen molar-refractivity contribution in [2.75, 3.05) is 16.9 Å². The van der Waals surface area contributed by atoms with Gasteiger partial charge in [-0.3, -0.25) is 9.78 Å². The number of aryl methyl sites for hydroxylation is 1. The molecule has 2 aromatic heterocycles. The van der Waals surface area contributed by atoms with Crippen LogP contribution in [0, 0.1) is 6.92 Å². The molecule has 0 radical (unpaired) electrons. The number of rotatable bonds is 8. The molecular weight excluding hydrogens is 504 g/mol. The summed E-state index contributed by atoms with van der Waals surface area (Å²) in [6.07, 6.45) is 5.25. The Kier molecular flexibility index (Phi) is 7.39. The van der Waals surface area contributed by atoms with E-state index in [0.29, 0.717) is 28.2 Å². The molecule has 190 valence electrons. The summed E-state index contributed by atoms with van der Waals surface area (Å²) < 4.78 is 52.7. The van der Waals surface area contributed by atoms with Crippen molar-refractivity contribution in [1.29, 1.82) is 0 Å². The van der Waals surface area contributed by atoms with Crippen molar-refractivity contribution in [1.82, 2.24) is 15.0 Å². The quantitative estimate of drug-likeness (QED) is 0.335. The van der Waals surface area contributed by atoms with Gasteiger partial charge >= 0.3 is 6.61 Å². The smallest absolute Gasteiger partial charge is 0.387 e. The minimum absolute atomic E-state index is 0.0918. The Balaban J connectivity index is 1.51. The number of alkyl halides is 2. The van der Waals surface area contributed by atoms with Gasteiger partial charge in [-0.1, -0.05) is 6.07 Å². The van der Waals surface area contributed by atoms with Gasteiger partial charge in [0.2, 0.25) is 5.95 Å². The number of carbonyl (C=O) groups excluding carboxylic acids is 1. The predicted molar refractivity (Wildman–Crippen MR) is 134 cm³/mol. The minimum Gasteiger partial charge on any atom is -0.433 e. The highest BCUT2D eigenvalue weighted by molar-refractivity contribution is 7.90. The number of anilines is 3. The molecule has 0 aliphatic rings. The predicted octanol–water partition coefficient (Wildman–Crippen LogP) is 4.85. The van der Waals surface area contributed by atoms with E-state index in [2.05, 4.69) is 30.3 Å². The van der Waals surface area contributed by atoms with Crippen LogP contribution < -0.4 is 15.4 Å². The van der Waals surface area contributed by atoms with E-state index in [1.54, 1.807) is 24.3 Å². The summed E-state index contributed by atoms with van der Waals surface area (Å²) >= 11 is 0. The molecule has 0 unspecified atom stereocenters. The lowest BCUT2D eigenvalue weighted by Gasteiger charge is -2.12. The molecule has 0 fully saturated rings. The third-order valence-corrected chi connectivity index (χ3v) is 6.30. The maximum absolute atomic E-state index is 12.7. The summed E-state index contributed by atoms with van der Waals surface area (Å²) in [6.45, 7) is -1.11. The highest BCUT2D eigenvalue weighted by Crippen LogP contribution is 2.26. The fourth-order valence-electron chi connectivity index (χ4n) is 3.32. The van der Waals surface area contributed by atoms with Crippen LogP contribution in [0.1, 0.15) is 15.9 Å². The summed E-state index contributed by atoms with van der Waals surface area (Å²) in [5.74, 6) is -0.266. The Hall–Kier alpha value is -4.45. The molecule has 2 N–H and O–H groups in total. The van der Waals surface area contributed by atoms with Gasteiger partial charge in [-0.2, -0.15) is 8.78 Å². The van der Waals surface area contributed by atoms with E-state index in [1.165, 1.54) is 48.9 Å². The summed E-state index contributed by atoms with van der Waals surface area (Å²) in [5.41, 5.74) is 3.15. The van der Waals surface area contributed by atoms with Gasteiger partial charge in [-0.15, -0.1) is 0 Å². The van der Waals surface area contributed by atoms with Gasteiger partial charge in [0.1, 0.15) is 5.75 Å². The molecule has 0 atom stereocenters. The molecule has 37 heavy (non-hydrogen) atoms. The first-order valence-electron chi connectivity index (χ1n) is 10.8. The van der Waals surface area contributed by atoms with E-state index in [9.17, 15) is 22.0 Å². The minimum atomic E-state index is -3.36. The van der Waals surface area contributed by atoms with E-state index in [0.717, 1.165) is 11.8 Å². The van der Waals surface area contributed by atoms with Crippen LogP contribution in [0.3, 0.4) is 0 Å². The molecule has 4 aromatic rings. The van der Waals surface area contributed by atoms with Crippen LogP contribution in [0.5, 0.6) is 5.75 Å². The van der Waals surface area contributed by atoms with E-state index < -0.39 is 22.4 Å². The summed E-state index contributed by atoms with van der Waals surface area (Å²) in [7, 11) is -3.36. The first-order valence-corrected chi connectivity index (χ1v) is 12.7. The van der Waals surface area contributed by atoms with Crippen molar-refractivity contribution in [3.8, 4) is 17.0 Å². The maximum Gasteiger partial charge on any atom is 0.387 e. The van der Waals surface area contributed by atoms with Gasteiger partial charge < -0.3 is 15.4 Å². The van der Waals surface area contributed by atoms with Crippen LogP contribution in [0.15, 0.2) is 78.1 Å². The zero-order valence-electron chi connectivity index (χ0n) is 19.6. The number of carbonyl (C=O) groups is 1. The SMILES string of the molecule is Cc1ccc(NC(=O)c2ccc(S(C)(=O)=O)cc2)cc1Nc1nccc(-c2cncc(OC(F)F)c2)n1. The van der Waals surface area contributed by atoms with E-state index in [4.69, 9.17) is 0 Å². The standard InChI is InChI=1S/C25H21F2N5O4S/c1-15-3-6-18(30-23(33)16-4-7-20(8-5-16)37(2,34)35)12-22(15)32-25-29-10-9-21(31-25)17-11-19(14-28-13-17)36-24(26)27/h3-14,24H,1-2H3,(H,30,33)(H,29,31,32). The third kappa shape index (κ3) is 6.61. The molecule has 2 aromatic carbocycles. The third-order valence-electron chi connectivity index (χ3n) is 5.18. The highest BCUT2D eigenvalue weighted by atomic mass is 32.2. The molecule has 2 heterocycles. The Morgan fingerprint density at radius 2 is 1.78 bits per heavy atom. The zero-order chi connectivity index (χ0) is 26.6. The Morgan fingerprint density at radius 3 is 2.49 bits per heavy atom. The molecule has 0 bridgehead atoms. The van der Waals surface area contributed by atoms with Crippen molar-refractivity contribution in [3.63, 3.8) is 0 Å². The number of nitrogens with one attached hydrogen (secondary N) is 2. The van der Waals surface area contributed by atoms with Crippen molar-refractivity contribution >= 4 is 33.1 Å². The molecule has 0 saturated heterocycles.